The first-order valence-corrected chi connectivity index (χ1v) is 13.3. The Morgan fingerprint density at radius 3 is 2.31 bits per heavy atom. The molecule has 0 bridgehead atoms. The van der Waals surface area contributed by atoms with E-state index in [1.165, 1.54) is 50.1 Å². The molecule has 0 aliphatic carbocycles. The van der Waals surface area contributed by atoms with Crippen LogP contribution in [0, 0.1) is 6.92 Å². The fourth-order valence-electron chi connectivity index (χ4n) is 4.19. The number of carbonyl (C=O) groups excluding carboxylic acids is 3. The minimum Gasteiger partial charge on any atom is -0.463 e. The average Bonchev–Trinajstić information content (AvgIpc) is 3.43. The molecule has 2 aliphatic rings. The lowest BCUT2D eigenvalue weighted by Crippen LogP contribution is -2.40. The minimum atomic E-state index is -4.05. The number of nitrogens with one attached hydrogen (secondary N) is 1. The van der Waals surface area contributed by atoms with Crippen LogP contribution in [0.4, 0.5) is 5.82 Å². The van der Waals surface area contributed by atoms with Crippen LogP contribution in [0.3, 0.4) is 0 Å². The molecule has 0 spiro atoms. The Labute approximate surface area is 224 Å². The zero-order valence-corrected chi connectivity index (χ0v) is 22.4. The average molecular weight is 565 g/mol. The highest BCUT2D eigenvalue weighted by molar-refractivity contribution is 7.86. The smallest absolute Gasteiger partial charge is 0.303 e. The van der Waals surface area contributed by atoms with Crippen LogP contribution >= 0.6 is 0 Å². The van der Waals surface area contributed by atoms with Crippen LogP contribution in [0.15, 0.2) is 40.5 Å². The van der Waals surface area contributed by atoms with E-state index >= 15 is 0 Å². The van der Waals surface area contributed by atoms with E-state index in [9.17, 15) is 22.8 Å². The summed E-state index contributed by atoms with van der Waals surface area (Å²) in [6.45, 7) is 4.84. The molecule has 15 heteroatoms. The van der Waals surface area contributed by atoms with Gasteiger partial charge in [-0.15, -0.1) is 0 Å². The van der Waals surface area contributed by atoms with Crippen molar-refractivity contribution in [3.05, 3.63) is 41.9 Å². The van der Waals surface area contributed by atoms with Crippen LogP contribution in [0.2, 0.25) is 0 Å². The summed E-state index contributed by atoms with van der Waals surface area (Å²) in [5.41, 5.74) is 1.24. The number of anilines is 1. The number of hydrogen-bond donors (Lipinski definition) is 1. The van der Waals surface area contributed by atoms with Gasteiger partial charge in [0.2, 0.25) is 0 Å². The molecule has 1 saturated heterocycles. The van der Waals surface area contributed by atoms with Gasteiger partial charge in [0.15, 0.2) is 18.4 Å². The Morgan fingerprint density at radius 2 is 1.67 bits per heavy atom. The molecule has 1 aromatic heterocycles. The maximum absolute atomic E-state index is 12.7. The molecule has 2 aromatic rings. The van der Waals surface area contributed by atoms with E-state index in [0.717, 1.165) is 5.56 Å². The Morgan fingerprint density at radius 1 is 1.00 bits per heavy atom. The molecule has 39 heavy (non-hydrogen) atoms. The molecule has 1 unspecified atom stereocenters. The minimum absolute atomic E-state index is 0.00989. The molecule has 5 atom stereocenters. The summed E-state index contributed by atoms with van der Waals surface area (Å²) in [5, 5.41) is 2.94. The lowest BCUT2D eigenvalue weighted by atomic mass is 10.1. The van der Waals surface area contributed by atoms with Crippen molar-refractivity contribution >= 4 is 40.2 Å². The molecule has 0 saturated carbocycles. The first-order valence-electron chi connectivity index (χ1n) is 11.9. The van der Waals surface area contributed by atoms with Crippen molar-refractivity contribution in [2.45, 2.75) is 63.2 Å². The molecule has 0 amide bonds. The quantitative estimate of drug-likeness (QED) is 0.264. The summed E-state index contributed by atoms with van der Waals surface area (Å²) in [4.78, 5) is 43.8. The summed E-state index contributed by atoms with van der Waals surface area (Å²) >= 11 is 0. The monoisotopic (exact) mass is 564 g/mol. The number of nitrogens with zero attached hydrogens (tertiary/aromatic N) is 3. The lowest BCUT2D eigenvalue weighted by Gasteiger charge is -2.25. The molecule has 4 rings (SSSR count). The largest absolute Gasteiger partial charge is 0.463 e. The summed E-state index contributed by atoms with van der Waals surface area (Å²) < 4.78 is 54.1. The number of imidazole rings is 1. The van der Waals surface area contributed by atoms with Gasteiger partial charge in [0.25, 0.3) is 10.1 Å². The second-order valence-corrected chi connectivity index (χ2v) is 10.5. The molecule has 1 N–H and O–H groups in total. The summed E-state index contributed by atoms with van der Waals surface area (Å²) in [6, 6.07) is 5.44. The number of hydrogen-bond acceptors (Lipinski definition) is 13. The lowest BCUT2D eigenvalue weighted by molar-refractivity contribution is -0.166. The molecule has 3 heterocycles. The van der Waals surface area contributed by atoms with E-state index in [1.54, 1.807) is 12.1 Å². The highest BCUT2D eigenvalue weighted by atomic mass is 32.2. The van der Waals surface area contributed by atoms with Crippen LogP contribution in [0.5, 0.6) is 0 Å². The number of rotatable bonds is 9. The SMILES string of the molecule is CC(=O)OC[C@H]1O[C@@H](n2cnc3c2NC=NC3COS(=O)(=O)c2ccc(C)cc2)[C@H](OC(C)=O)[C@@H]1OC(C)=O. The van der Waals surface area contributed by atoms with Gasteiger partial charge in [0.1, 0.15) is 30.3 Å². The van der Waals surface area contributed by atoms with E-state index in [0.29, 0.717) is 11.5 Å². The summed E-state index contributed by atoms with van der Waals surface area (Å²) in [5.74, 6) is -1.52. The number of carbonyl (C=O) groups is 3. The number of fused-ring (bicyclic) bond motifs is 1. The predicted molar refractivity (Wildman–Crippen MR) is 133 cm³/mol. The Bertz CT molecular complexity index is 1370. The zero-order chi connectivity index (χ0) is 28.3. The van der Waals surface area contributed by atoms with Crippen molar-refractivity contribution in [2.24, 2.45) is 4.99 Å². The molecule has 1 aromatic carbocycles. The Hall–Kier alpha value is -3.82. The van der Waals surface area contributed by atoms with Crippen molar-refractivity contribution in [1.82, 2.24) is 9.55 Å². The van der Waals surface area contributed by atoms with Crippen LogP contribution in [0.1, 0.15) is 44.3 Å². The molecule has 2 aliphatic heterocycles. The van der Waals surface area contributed by atoms with Crippen LogP contribution < -0.4 is 5.32 Å². The van der Waals surface area contributed by atoms with Gasteiger partial charge in [0, 0.05) is 20.8 Å². The van der Waals surface area contributed by atoms with Crippen LogP contribution in [-0.2, 0) is 47.6 Å². The number of esters is 3. The molecule has 0 radical (unpaired) electrons. The van der Waals surface area contributed by atoms with Gasteiger partial charge in [-0.1, -0.05) is 17.7 Å². The van der Waals surface area contributed by atoms with E-state index < -0.39 is 58.6 Å². The zero-order valence-electron chi connectivity index (χ0n) is 21.6. The Kier molecular flexibility index (Phi) is 8.32. The maximum atomic E-state index is 12.7. The van der Waals surface area contributed by atoms with Gasteiger partial charge < -0.3 is 24.3 Å². The summed E-state index contributed by atoms with van der Waals surface area (Å²) in [7, 11) is -4.05. The number of benzene rings is 1. The highest BCUT2D eigenvalue weighted by Gasteiger charge is 2.51. The second kappa shape index (κ2) is 11.5. The van der Waals surface area contributed by atoms with E-state index in [-0.39, 0.29) is 18.1 Å². The van der Waals surface area contributed by atoms with E-state index in [1.807, 2.05) is 6.92 Å². The predicted octanol–water partition coefficient (Wildman–Crippen LogP) is 1.42. The standard InChI is InChI=1S/C24H28N4O10S/c1-13-5-7-17(8-6-13)39(32,33)35-9-18-20-23(26-11-25-18)28(12-27-20)24-22(37-16(4)31)21(36-15(3)30)19(38-24)10-34-14(2)29/h5-8,11-12,18-19,21-22,24H,9-10H2,1-4H3,(H,25,26)/t18?,19-,21-,22-,24-/m1/s1. The second-order valence-electron chi connectivity index (χ2n) is 8.89. The molecular formula is C24H28N4O10S. The van der Waals surface area contributed by atoms with Gasteiger partial charge in [-0.3, -0.25) is 28.1 Å². The van der Waals surface area contributed by atoms with E-state index in [2.05, 4.69) is 15.3 Å². The van der Waals surface area contributed by atoms with Crippen molar-refractivity contribution in [2.75, 3.05) is 18.5 Å². The number of aliphatic imine (C=N–C) groups is 1. The number of aryl methyl sites for hydroxylation is 1. The molecule has 1 fully saturated rings. The van der Waals surface area contributed by atoms with Crippen LogP contribution in [-0.4, -0.2) is 73.7 Å². The topological polar surface area (TPSA) is 174 Å². The number of aromatic nitrogens is 2. The normalized spacial score (nSPS) is 23.9. The van der Waals surface area contributed by atoms with Gasteiger partial charge in [0.05, 0.1) is 24.2 Å². The third kappa shape index (κ3) is 6.43. The van der Waals surface area contributed by atoms with Gasteiger partial charge in [-0.2, -0.15) is 8.42 Å². The first kappa shape index (κ1) is 28.2. The van der Waals surface area contributed by atoms with Crippen molar-refractivity contribution in [1.29, 1.82) is 0 Å². The third-order valence-corrected chi connectivity index (χ3v) is 7.19. The molecular weight excluding hydrogens is 536 g/mol. The molecule has 14 nitrogen and oxygen atoms in total. The summed E-state index contributed by atoms with van der Waals surface area (Å²) in [6.07, 6.45) is -1.49. The van der Waals surface area contributed by atoms with Crippen LogP contribution in [0.25, 0.3) is 0 Å². The maximum Gasteiger partial charge on any atom is 0.303 e. The van der Waals surface area contributed by atoms with E-state index in [4.69, 9.17) is 23.1 Å². The number of ether oxygens (including phenoxy) is 4. The first-order chi connectivity index (χ1) is 18.5. The van der Waals surface area contributed by atoms with Crippen molar-refractivity contribution in [3.8, 4) is 0 Å². The highest BCUT2D eigenvalue weighted by Crippen LogP contribution is 2.39. The fourth-order valence-corrected chi connectivity index (χ4v) is 5.10. The van der Waals surface area contributed by atoms with Gasteiger partial charge >= 0.3 is 17.9 Å². The van der Waals surface area contributed by atoms with Gasteiger partial charge in [-0.05, 0) is 19.1 Å². The van der Waals surface area contributed by atoms with Gasteiger partial charge in [-0.25, -0.2) is 4.98 Å². The molecule has 210 valence electrons. The third-order valence-electron chi connectivity index (χ3n) is 5.90. The van der Waals surface area contributed by atoms with Crippen molar-refractivity contribution in [3.63, 3.8) is 0 Å². The van der Waals surface area contributed by atoms with Crippen molar-refractivity contribution < 1.29 is 45.9 Å². The fraction of sp³-hybridized carbons (Fsp3) is 0.458. The Balaban J connectivity index is 1.59.